The van der Waals surface area contributed by atoms with Gasteiger partial charge in [-0.05, 0) is 6.92 Å². The van der Waals surface area contributed by atoms with Crippen molar-refractivity contribution >= 4 is 5.91 Å². The summed E-state index contributed by atoms with van der Waals surface area (Å²) >= 11 is 0. The molecule has 1 aromatic heterocycles. The molecule has 4 heteroatoms. The zero-order valence-electron chi connectivity index (χ0n) is 10.2. The lowest BCUT2D eigenvalue weighted by Gasteiger charge is -2.01. The summed E-state index contributed by atoms with van der Waals surface area (Å²) in [6.45, 7) is 2.70. The van der Waals surface area contributed by atoms with E-state index >= 15 is 0 Å². The second-order valence-electron chi connectivity index (χ2n) is 4.67. The van der Waals surface area contributed by atoms with E-state index in [2.05, 4.69) is 15.3 Å². The van der Waals surface area contributed by atoms with Crippen LogP contribution in [0.5, 0.6) is 0 Å². The molecule has 3 rings (SSSR count). The van der Waals surface area contributed by atoms with E-state index in [1.807, 2.05) is 37.3 Å². The zero-order chi connectivity index (χ0) is 12.5. The summed E-state index contributed by atoms with van der Waals surface area (Å²) in [6, 6.07) is 10.1. The van der Waals surface area contributed by atoms with Crippen molar-refractivity contribution in [2.75, 3.05) is 6.54 Å². The molecular weight excluding hydrogens is 226 g/mol. The van der Waals surface area contributed by atoms with Gasteiger partial charge in [0.25, 0.3) is 0 Å². The first-order chi connectivity index (χ1) is 8.74. The maximum atomic E-state index is 11.2. The van der Waals surface area contributed by atoms with Crippen molar-refractivity contribution in [3.8, 4) is 11.3 Å². The van der Waals surface area contributed by atoms with Crippen LogP contribution in [0.4, 0.5) is 0 Å². The van der Waals surface area contributed by atoms with Crippen LogP contribution < -0.4 is 5.32 Å². The predicted molar refractivity (Wildman–Crippen MR) is 69.1 cm³/mol. The Hall–Kier alpha value is -2.10. The standard InChI is InChI=1S/C14H15N3O/c1-9-13(10-5-3-2-4-6-10)17-14(16-9)11-7-12(18)15-8-11/h2-6,11H,7-8H2,1H3,(H,15,18)(H,16,17)/t11-/m0/s1. The molecule has 0 saturated carbocycles. The number of nitrogens with zero attached hydrogens (tertiary/aromatic N) is 1. The molecule has 1 aromatic carbocycles. The SMILES string of the molecule is Cc1[nH]c([C@@H]2CNC(=O)C2)nc1-c1ccccc1. The van der Waals surface area contributed by atoms with Gasteiger partial charge >= 0.3 is 0 Å². The van der Waals surface area contributed by atoms with Gasteiger partial charge in [-0.3, -0.25) is 4.79 Å². The number of amides is 1. The summed E-state index contributed by atoms with van der Waals surface area (Å²) in [5, 5.41) is 2.84. The van der Waals surface area contributed by atoms with E-state index in [9.17, 15) is 4.79 Å². The third-order valence-electron chi connectivity index (χ3n) is 3.31. The van der Waals surface area contributed by atoms with E-state index in [4.69, 9.17) is 0 Å². The molecule has 2 heterocycles. The van der Waals surface area contributed by atoms with Crippen LogP contribution in [0.1, 0.15) is 23.9 Å². The number of hydrogen-bond donors (Lipinski definition) is 2. The van der Waals surface area contributed by atoms with Gasteiger partial charge in [0, 0.05) is 30.1 Å². The van der Waals surface area contributed by atoms with Crippen LogP contribution in [0.15, 0.2) is 30.3 Å². The molecule has 0 unspecified atom stereocenters. The first-order valence-electron chi connectivity index (χ1n) is 6.12. The van der Waals surface area contributed by atoms with Crippen LogP contribution in [0.25, 0.3) is 11.3 Å². The number of hydrogen-bond acceptors (Lipinski definition) is 2. The van der Waals surface area contributed by atoms with Gasteiger partial charge in [0.1, 0.15) is 5.82 Å². The fraction of sp³-hybridized carbons (Fsp3) is 0.286. The average Bonchev–Trinajstić information content (AvgIpc) is 2.97. The summed E-state index contributed by atoms with van der Waals surface area (Å²) < 4.78 is 0. The molecule has 4 nitrogen and oxygen atoms in total. The van der Waals surface area contributed by atoms with E-state index in [1.54, 1.807) is 0 Å². The second kappa shape index (κ2) is 4.29. The quantitative estimate of drug-likeness (QED) is 0.844. The summed E-state index contributed by atoms with van der Waals surface area (Å²) in [7, 11) is 0. The van der Waals surface area contributed by atoms with Gasteiger partial charge in [0.2, 0.25) is 5.91 Å². The molecule has 1 aliphatic rings. The van der Waals surface area contributed by atoms with Gasteiger partial charge in [-0.2, -0.15) is 0 Å². The van der Waals surface area contributed by atoms with Crippen molar-refractivity contribution in [3.05, 3.63) is 41.9 Å². The third-order valence-corrected chi connectivity index (χ3v) is 3.31. The highest BCUT2D eigenvalue weighted by molar-refractivity contribution is 5.79. The molecule has 1 atom stereocenters. The van der Waals surface area contributed by atoms with E-state index in [0.717, 1.165) is 22.8 Å². The van der Waals surface area contributed by atoms with Crippen LogP contribution in [-0.4, -0.2) is 22.4 Å². The predicted octanol–water partition coefficient (Wildman–Crippen LogP) is 1.99. The third kappa shape index (κ3) is 1.90. The molecule has 92 valence electrons. The van der Waals surface area contributed by atoms with Gasteiger partial charge in [0.05, 0.1) is 5.69 Å². The van der Waals surface area contributed by atoms with Gasteiger partial charge in [0.15, 0.2) is 0 Å². The smallest absolute Gasteiger partial charge is 0.220 e. The summed E-state index contributed by atoms with van der Waals surface area (Å²) in [5.41, 5.74) is 3.13. The van der Waals surface area contributed by atoms with Crippen LogP contribution >= 0.6 is 0 Å². The van der Waals surface area contributed by atoms with Crippen LogP contribution in [-0.2, 0) is 4.79 Å². The van der Waals surface area contributed by atoms with Crippen LogP contribution in [0, 0.1) is 6.92 Å². The number of nitrogens with one attached hydrogen (secondary N) is 2. The van der Waals surface area contributed by atoms with Crippen molar-refractivity contribution in [1.29, 1.82) is 0 Å². The highest BCUT2D eigenvalue weighted by Crippen LogP contribution is 2.26. The Morgan fingerprint density at radius 3 is 2.72 bits per heavy atom. The van der Waals surface area contributed by atoms with E-state index < -0.39 is 0 Å². The monoisotopic (exact) mass is 241 g/mol. The fourth-order valence-electron chi connectivity index (χ4n) is 2.35. The number of carbonyl (C=O) groups excluding carboxylic acids is 1. The number of rotatable bonds is 2. The Bertz CT molecular complexity index is 574. The van der Waals surface area contributed by atoms with Crippen LogP contribution in [0.2, 0.25) is 0 Å². The fourth-order valence-corrected chi connectivity index (χ4v) is 2.35. The summed E-state index contributed by atoms with van der Waals surface area (Å²) in [6.07, 6.45) is 0.529. The van der Waals surface area contributed by atoms with Crippen molar-refractivity contribution in [3.63, 3.8) is 0 Å². The maximum absolute atomic E-state index is 11.2. The number of aromatic nitrogens is 2. The normalized spacial score (nSPS) is 18.9. The molecular formula is C14H15N3O. The summed E-state index contributed by atoms with van der Waals surface area (Å²) in [5.74, 6) is 1.19. The number of benzene rings is 1. The Balaban J connectivity index is 1.94. The van der Waals surface area contributed by atoms with Crippen molar-refractivity contribution in [2.45, 2.75) is 19.3 Å². The highest BCUT2D eigenvalue weighted by Gasteiger charge is 2.26. The molecule has 0 bridgehead atoms. The Kier molecular flexibility index (Phi) is 2.63. The Morgan fingerprint density at radius 2 is 2.06 bits per heavy atom. The van der Waals surface area contributed by atoms with Gasteiger partial charge in [-0.1, -0.05) is 30.3 Å². The number of carbonyl (C=O) groups is 1. The largest absolute Gasteiger partial charge is 0.355 e. The number of aromatic amines is 1. The van der Waals surface area contributed by atoms with Gasteiger partial charge < -0.3 is 10.3 Å². The van der Waals surface area contributed by atoms with E-state index in [1.165, 1.54) is 0 Å². The molecule has 0 radical (unpaired) electrons. The van der Waals surface area contributed by atoms with Crippen LogP contribution in [0.3, 0.4) is 0 Å². The summed E-state index contributed by atoms with van der Waals surface area (Å²) in [4.78, 5) is 19.2. The van der Waals surface area contributed by atoms with Crippen molar-refractivity contribution in [1.82, 2.24) is 15.3 Å². The molecule has 1 saturated heterocycles. The first kappa shape index (κ1) is 11.0. The Labute approximate surface area is 105 Å². The molecule has 0 spiro atoms. The van der Waals surface area contributed by atoms with Crippen molar-refractivity contribution < 1.29 is 4.79 Å². The van der Waals surface area contributed by atoms with Gasteiger partial charge in [-0.25, -0.2) is 4.98 Å². The molecule has 1 amide bonds. The number of imidazole rings is 1. The van der Waals surface area contributed by atoms with E-state index in [0.29, 0.717) is 13.0 Å². The van der Waals surface area contributed by atoms with E-state index in [-0.39, 0.29) is 11.8 Å². The highest BCUT2D eigenvalue weighted by atomic mass is 16.1. The topological polar surface area (TPSA) is 57.8 Å². The molecule has 0 aliphatic carbocycles. The molecule has 1 fully saturated rings. The number of H-pyrrole nitrogens is 1. The minimum atomic E-state index is 0.107. The average molecular weight is 241 g/mol. The lowest BCUT2D eigenvalue weighted by Crippen LogP contribution is -2.13. The maximum Gasteiger partial charge on any atom is 0.220 e. The first-order valence-corrected chi connectivity index (χ1v) is 6.12. The molecule has 2 N–H and O–H groups in total. The van der Waals surface area contributed by atoms with Gasteiger partial charge in [-0.15, -0.1) is 0 Å². The lowest BCUT2D eigenvalue weighted by atomic mass is 10.1. The Morgan fingerprint density at radius 1 is 1.28 bits per heavy atom. The molecule has 2 aromatic rings. The molecule has 1 aliphatic heterocycles. The minimum absolute atomic E-state index is 0.107. The minimum Gasteiger partial charge on any atom is -0.355 e. The molecule has 18 heavy (non-hydrogen) atoms. The van der Waals surface area contributed by atoms with Crippen molar-refractivity contribution in [2.24, 2.45) is 0 Å². The second-order valence-corrected chi connectivity index (χ2v) is 4.67. The number of aryl methyl sites for hydroxylation is 1. The lowest BCUT2D eigenvalue weighted by molar-refractivity contribution is -0.119. The zero-order valence-corrected chi connectivity index (χ0v) is 10.2.